The van der Waals surface area contributed by atoms with Crippen LogP contribution in [0.25, 0.3) is 0 Å². The van der Waals surface area contributed by atoms with Crippen molar-refractivity contribution in [3.63, 3.8) is 0 Å². The summed E-state index contributed by atoms with van der Waals surface area (Å²) in [5, 5.41) is 5.74. The smallest absolute Gasteiger partial charge is 0.0931 e. The third-order valence-corrected chi connectivity index (χ3v) is 5.13. The van der Waals surface area contributed by atoms with Crippen molar-refractivity contribution in [1.82, 2.24) is 5.32 Å². The van der Waals surface area contributed by atoms with E-state index in [4.69, 9.17) is 11.6 Å². The van der Waals surface area contributed by atoms with Crippen LogP contribution in [0.2, 0.25) is 4.34 Å². The molecule has 1 heterocycles. The van der Waals surface area contributed by atoms with Crippen LogP contribution >= 0.6 is 22.9 Å². The summed E-state index contributed by atoms with van der Waals surface area (Å²) in [5.74, 6) is 0. The van der Waals surface area contributed by atoms with E-state index >= 15 is 0 Å². The zero-order valence-corrected chi connectivity index (χ0v) is 12.2. The van der Waals surface area contributed by atoms with E-state index < -0.39 is 10.8 Å². The molecule has 2 nitrogen and oxygen atoms in total. The maximum atomic E-state index is 11.2. The van der Waals surface area contributed by atoms with Crippen LogP contribution in [0.3, 0.4) is 0 Å². The van der Waals surface area contributed by atoms with Gasteiger partial charge in [0.05, 0.1) is 4.34 Å². The van der Waals surface area contributed by atoms with Crippen molar-refractivity contribution >= 4 is 33.7 Å². The molecule has 5 heteroatoms. The molecular weight excluding hydrogens is 262 g/mol. The molecule has 0 aliphatic carbocycles. The third-order valence-electron chi connectivity index (χ3n) is 2.66. The summed E-state index contributed by atoms with van der Waals surface area (Å²) in [6, 6.07) is 2.30. The van der Waals surface area contributed by atoms with Gasteiger partial charge in [0, 0.05) is 28.3 Å². The van der Waals surface area contributed by atoms with Gasteiger partial charge in [-0.15, -0.1) is 11.3 Å². The van der Waals surface area contributed by atoms with Crippen LogP contribution in [-0.4, -0.2) is 22.3 Å². The lowest BCUT2D eigenvalue weighted by atomic mass is 10.2. The van der Waals surface area contributed by atoms with E-state index in [1.807, 2.05) is 13.0 Å². The van der Waals surface area contributed by atoms with Crippen LogP contribution < -0.4 is 5.32 Å². The van der Waals surface area contributed by atoms with Gasteiger partial charge in [-0.2, -0.15) is 0 Å². The molecule has 3 unspecified atom stereocenters. The maximum absolute atomic E-state index is 11.2. The highest BCUT2D eigenvalue weighted by Crippen LogP contribution is 2.24. The van der Waals surface area contributed by atoms with Gasteiger partial charge in [-0.3, -0.25) is 4.21 Å². The monoisotopic (exact) mass is 279 g/mol. The molecule has 0 radical (unpaired) electrons. The molecule has 0 saturated heterocycles. The number of hydrogen-bond donors (Lipinski definition) is 1. The normalized spacial score (nSPS) is 17.0. The quantitative estimate of drug-likeness (QED) is 0.866. The standard InChI is InChI=1S/C11H18ClNOS2/c1-8(16(3)14)4-5-13-9(2)10-6-11(12)15-7-10/h6-9,13H,4-5H2,1-3H3. The number of nitrogens with one attached hydrogen (secondary N) is 1. The molecule has 92 valence electrons. The van der Waals surface area contributed by atoms with Crippen LogP contribution in [0.4, 0.5) is 0 Å². The molecule has 0 amide bonds. The summed E-state index contributed by atoms with van der Waals surface area (Å²) in [4.78, 5) is 0. The van der Waals surface area contributed by atoms with Gasteiger partial charge in [-0.25, -0.2) is 0 Å². The molecule has 0 aromatic carbocycles. The van der Waals surface area contributed by atoms with Gasteiger partial charge in [0.15, 0.2) is 0 Å². The van der Waals surface area contributed by atoms with E-state index in [1.54, 1.807) is 17.6 Å². The van der Waals surface area contributed by atoms with E-state index in [0.29, 0.717) is 6.04 Å². The van der Waals surface area contributed by atoms with Crippen molar-refractivity contribution in [3.8, 4) is 0 Å². The van der Waals surface area contributed by atoms with Gasteiger partial charge >= 0.3 is 0 Å². The lowest BCUT2D eigenvalue weighted by Gasteiger charge is -2.14. The Balaban J connectivity index is 2.30. The summed E-state index contributed by atoms with van der Waals surface area (Å²) in [7, 11) is -0.724. The van der Waals surface area contributed by atoms with Gasteiger partial charge in [0.25, 0.3) is 0 Å². The van der Waals surface area contributed by atoms with Gasteiger partial charge in [0.2, 0.25) is 0 Å². The first-order chi connectivity index (χ1) is 7.50. The molecule has 3 atom stereocenters. The highest BCUT2D eigenvalue weighted by atomic mass is 35.5. The lowest BCUT2D eigenvalue weighted by molar-refractivity contribution is 0.555. The lowest BCUT2D eigenvalue weighted by Crippen LogP contribution is -2.23. The fraction of sp³-hybridized carbons (Fsp3) is 0.636. The first kappa shape index (κ1) is 14.2. The molecule has 16 heavy (non-hydrogen) atoms. The minimum Gasteiger partial charge on any atom is -0.310 e. The predicted molar refractivity (Wildman–Crippen MR) is 73.9 cm³/mol. The van der Waals surface area contributed by atoms with E-state index in [0.717, 1.165) is 17.3 Å². The van der Waals surface area contributed by atoms with Crippen molar-refractivity contribution in [2.45, 2.75) is 31.6 Å². The Hall–Kier alpha value is 0.1000. The number of hydrogen-bond acceptors (Lipinski definition) is 3. The van der Waals surface area contributed by atoms with Crippen LogP contribution in [0, 0.1) is 0 Å². The Morgan fingerprint density at radius 1 is 1.56 bits per heavy atom. The molecule has 0 fully saturated rings. The molecular formula is C11H18ClNOS2. The zero-order valence-electron chi connectivity index (χ0n) is 9.83. The summed E-state index contributed by atoms with van der Waals surface area (Å²) in [5.41, 5.74) is 1.22. The summed E-state index contributed by atoms with van der Waals surface area (Å²) in [6.45, 7) is 5.02. The highest BCUT2D eigenvalue weighted by molar-refractivity contribution is 7.84. The number of thiophene rings is 1. The highest BCUT2D eigenvalue weighted by Gasteiger charge is 2.09. The maximum Gasteiger partial charge on any atom is 0.0931 e. The number of halogens is 1. The SMILES string of the molecule is CC(NCCC(C)S(C)=O)c1csc(Cl)c1. The molecule has 0 aliphatic rings. The number of rotatable bonds is 6. The van der Waals surface area contributed by atoms with E-state index in [2.05, 4.69) is 17.6 Å². The largest absolute Gasteiger partial charge is 0.310 e. The summed E-state index contributed by atoms with van der Waals surface area (Å²) in [6.07, 6.45) is 2.69. The molecule has 1 rings (SSSR count). The molecule has 0 aliphatic heterocycles. The van der Waals surface area contributed by atoms with E-state index in [1.165, 1.54) is 5.56 Å². The summed E-state index contributed by atoms with van der Waals surface area (Å²) < 4.78 is 12.0. The third kappa shape index (κ3) is 4.53. The average molecular weight is 280 g/mol. The average Bonchev–Trinajstić information content (AvgIpc) is 2.64. The minimum absolute atomic E-state index is 0.255. The predicted octanol–water partition coefficient (Wildman–Crippen LogP) is 3.21. The molecule has 1 aromatic rings. The van der Waals surface area contributed by atoms with Crippen LogP contribution in [0.15, 0.2) is 11.4 Å². The van der Waals surface area contributed by atoms with Crippen molar-refractivity contribution in [1.29, 1.82) is 0 Å². The van der Waals surface area contributed by atoms with E-state index in [-0.39, 0.29) is 5.25 Å². The summed E-state index contributed by atoms with van der Waals surface area (Å²) >= 11 is 7.44. The second-order valence-corrected chi connectivity index (χ2v) is 7.30. The Kier molecular flexibility index (Phi) is 5.97. The Morgan fingerprint density at radius 3 is 2.75 bits per heavy atom. The van der Waals surface area contributed by atoms with Crippen molar-refractivity contribution in [3.05, 3.63) is 21.3 Å². The second-order valence-electron chi connectivity index (χ2n) is 3.96. The Morgan fingerprint density at radius 2 is 2.25 bits per heavy atom. The van der Waals surface area contributed by atoms with Gasteiger partial charge < -0.3 is 5.32 Å². The van der Waals surface area contributed by atoms with Gasteiger partial charge in [0.1, 0.15) is 0 Å². The first-order valence-corrected chi connectivity index (χ1v) is 8.18. The van der Waals surface area contributed by atoms with Gasteiger partial charge in [-0.1, -0.05) is 18.5 Å². The first-order valence-electron chi connectivity index (χ1n) is 5.30. The fourth-order valence-corrected chi connectivity index (χ4v) is 2.77. The molecule has 0 saturated carbocycles. The molecule has 1 N–H and O–H groups in total. The van der Waals surface area contributed by atoms with Crippen molar-refractivity contribution < 1.29 is 4.21 Å². The second kappa shape index (κ2) is 6.74. The van der Waals surface area contributed by atoms with Gasteiger partial charge in [-0.05, 0) is 36.9 Å². The molecule has 1 aromatic heterocycles. The van der Waals surface area contributed by atoms with E-state index in [9.17, 15) is 4.21 Å². The molecule has 0 spiro atoms. The van der Waals surface area contributed by atoms with Crippen molar-refractivity contribution in [2.24, 2.45) is 0 Å². The van der Waals surface area contributed by atoms with Crippen molar-refractivity contribution in [2.75, 3.05) is 12.8 Å². The minimum atomic E-state index is -0.724. The van der Waals surface area contributed by atoms with Crippen LogP contribution in [0.1, 0.15) is 31.9 Å². The fourth-order valence-electron chi connectivity index (χ4n) is 1.34. The Bertz CT molecular complexity index is 354. The van der Waals surface area contributed by atoms with Crippen LogP contribution in [0.5, 0.6) is 0 Å². The zero-order chi connectivity index (χ0) is 12.1. The Labute approximate surface area is 109 Å². The molecule has 0 bridgehead atoms. The topological polar surface area (TPSA) is 29.1 Å². The van der Waals surface area contributed by atoms with Crippen LogP contribution in [-0.2, 0) is 10.8 Å².